The monoisotopic (exact) mass is 360 g/mol. The van der Waals surface area contributed by atoms with Gasteiger partial charge in [0, 0.05) is 17.0 Å². The predicted molar refractivity (Wildman–Crippen MR) is 78.9 cm³/mol. The standard InChI is InChI=1S/C15H12BrClF2O/c1-8-4-9(6-10(17)5-8)14(20)7-11-13(18)3-2-12(16)15(11)19/h2-6,14,20H,7H2,1H3. The summed E-state index contributed by atoms with van der Waals surface area (Å²) in [5, 5.41) is 10.6. The van der Waals surface area contributed by atoms with Crippen molar-refractivity contribution in [3.63, 3.8) is 0 Å². The minimum absolute atomic E-state index is 0.149. The summed E-state index contributed by atoms with van der Waals surface area (Å²) in [6.07, 6.45) is -1.18. The van der Waals surface area contributed by atoms with Gasteiger partial charge < -0.3 is 5.11 Å². The normalized spacial score (nSPS) is 12.5. The van der Waals surface area contributed by atoms with Crippen molar-refractivity contribution in [3.05, 3.63) is 68.2 Å². The fourth-order valence-electron chi connectivity index (χ4n) is 2.02. The lowest BCUT2D eigenvalue weighted by atomic mass is 9.99. The average molecular weight is 362 g/mol. The molecule has 0 bridgehead atoms. The highest BCUT2D eigenvalue weighted by atomic mass is 79.9. The molecule has 0 heterocycles. The van der Waals surface area contributed by atoms with Crippen LogP contribution in [0.25, 0.3) is 0 Å². The molecule has 1 nitrogen and oxygen atoms in total. The van der Waals surface area contributed by atoms with Crippen molar-refractivity contribution in [3.8, 4) is 0 Å². The molecule has 2 rings (SSSR count). The number of rotatable bonds is 3. The largest absolute Gasteiger partial charge is 0.388 e. The highest BCUT2D eigenvalue weighted by Crippen LogP contribution is 2.28. The van der Waals surface area contributed by atoms with Crippen molar-refractivity contribution >= 4 is 27.5 Å². The molecule has 20 heavy (non-hydrogen) atoms. The first-order chi connectivity index (χ1) is 9.38. The lowest BCUT2D eigenvalue weighted by molar-refractivity contribution is 0.175. The second kappa shape index (κ2) is 6.20. The van der Waals surface area contributed by atoms with E-state index in [9.17, 15) is 13.9 Å². The molecule has 5 heteroatoms. The van der Waals surface area contributed by atoms with Crippen molar-refractivity contribution in [1.82, 2.24) is 0 Å². The van der Waals surface area contributed by atoms with E-state index < -0.39 is 17.7 Å². The van der Waals surface area contributed by atoms with Crippen LogP contribution in [-0.4, -0.2) is 5.11 Å². The van der Waals surface area contributed by atoms with Gasteiger partial charge in [-0.2, -0.15) is 0 Å². The van der Waals surface area contributed by atoms with Crippen LogP contribution in [0.1, 0.15) is 22.8 Å². The number of benzene rings is 2. The summed E-state index contributed by atoms with van der Waals surface area (Å²) < 4.78 is 27.7. The van der Waals surface area contributed by atoms with E-state index in [4.69, 9.17) is 11.6 Å². The van der Waals surface area contributed by atoms with E-state index in [1.807, 2.05) is 6.92 Å². The van der Waals surface area contributed by atoms with E-state index in [0.29, 0.717) is 10.6 Å². The Morgan fingerprint density at radius 1 is 1.25 bits per heavy atom. The van der Waals surface area contributed by atoms with Gasteiger partial charge in [0.1, 0.15) is 11.6 Å². The third-order valence-electron chi connectivity index (χ3n) is 2.99. The lowest BCUT2D eigenvalue weighted by Crippen LogP contribution is -2.06. The minimum Gasteiger partial charge on any atom is -0.388 e. The second-order valence-electron chi connectivity index (χ2n) is 4.60. The van der Waals surface area contributed by atoms with Crippen molar-refractivity contribution in [2.24, 2.45) is 0 Å². The molecule has 2 aromatic rings. The van der Waals surface area contributed by atoms with Gasteiger partial charge in [-0.05, 0) is 58.2 Å². The van der Waals surface area contributed by atoms with Gasteiger partial charge in [0.2, 0.25) is 0 Å². The average Bonchev–Trinajstić information content (AvgIpc) is 2.38. The number of aliphatic hydroxyl groups excluding tert-OH is 1. The molecule has 0 saturated carbocycles. The van der Waals surface area contributed by atoms with E-state index in [1.165, 1.54) is 12.1 Å². The minimum atomic E-state index is -1.02. The van der Waals surface area contributed by atoms with Crippen LogP contribution in [0.4, 0.5) is 8.78 Å². The molecule has 0 spiro atoms. The van der Waals surface area contributed by atoms with Gasteiger partial charge in [-0.3, -0.25) is 0 Å². The molecule has 0 radical (unpaired) electrons. The van der Waals surface area contributed by atoms with Crippen molar-refractivity contribution in [2.75, 3.05) is 0 Å². The number of halogens is 4. The molecule has 2 aromatic carbocycles. The molecular formula is C15H12BrClF2O. The van der Waals surface area contributed by atoms with Gasteiger partial charge in [0.05, 0.1) is 10.6 Å². The van der Waals surface area contributed by atoms with Crippen LogP contribution in [-0.2, 0) is 6.42 Å². The molecule has 0 aromatic heterocycles. The van der Waals surface area contributed by atoms with Crippen LogP contribution in [0.3, 0.4) is 0 Å². The summed E-state index contributed by atoms with van der Waals surface area (Å²) in [4.78, 5) is 0. The smallest absolute Gasteiger partial charge is 0.143 e. The predicted octanol–water partition coefficient (Wildman–Crippen LogP) is 4.97. The molecule has 106 valence electrons. The van der Waals surface area contributed by atoms with Gasteiger partial charge in [0.15, 0.2) is 0 Å². The molecule has 0 aliphatic heterocycles. The zero-order valence-electron chi connectivity index (χ0n) is 10.6. The summed E-state index contributed by atoms with van der Waals surface area (Å²) in [7, 11) is 0. The zero-order chi connectivity index (χ0) is 14.9. The van der Waals surface area contributed by atoms with Gasteiger partial charge in [-0.15, -0.1) is 0 Å². The van der Waals surface area contributed by atoms with Crippen LogP contribution in [0.2, 0.25) is 5.02 Å². The number of hydrogen-bond donors (Lipinski definition) is 1. The molecule has 0 aliphatic rings. The molecule has 0 aliphatic carbocycles. The van der Waals surface area contributed by atoms with Crippen molar-refractivity contribution in [2.45, 2.75) is 19.4 Å². The zero-order valence-corrected chi connectivity index (χ0v) is 13.0. The third kappa shape index (κ3) is 3.37. The topological polar surface area (TPSA) is 20.2 Å². The summed E-state index contributed by atoms with van der Waals surface area (Å²) in [6, 6.07) is 7.54. The Morgan fingerprint density at radius 3 is 2.60 bits per heavy atom. The van der Waals surface area contributed by atoms with Crippen LogP contribution in [0.15, 0.2) is 34.8 Å². The van der Waals surface area contributed by atoms with Crippen LogP contribution in [0.5, 0.6) is 0 Å². The van der Waals surface area contributed by atoms with E-state index >= 15 is 0 Å². The molecule has 1 unspecified atom stereocenters. The summed E-state index contributed by atoms with van der Waals surface area (Å²) >= 11 is 8.92. The second-order valence-corrected chi connectivity index (χ2v) is 5.89. The fraction of sp³-hybridized carbons (Fsp3) is 0.200. The first kappa shape index (κ1) is 15.4. The van der Waals surface area contributed by atoms with E-state index in [0.717, 1.165) is 5.56 Å². The summed E-state index contributed by atoms with van der Waals surface area (Å²) in [5.41, 5.74) is 1.26. The lowest BCUT2D eigenvalue weighted by Gasteiger charge is -2.14. The van der Waals surface area contributed by atoms with E-state index in [2.05, 4.69) is 15.9 Å². The number of hydrogen-bond acceptors (Lipinski definition) is 1. The first-order valence-electron chi connectivity index (χ1n) is 5.96. The van der Waals surface area contributed by atoms with Crippen LogP contribution in [0, 0.1) is 18.6 Å². The first-order valence-corrected chi connectivity index (χ1v) is 7.13. The highest BCUT2D eigenvalue weighted by molar-refractivity contribution is 9.10. The van der Waals surface area contributed by atoms with Gasteiger partial charge in [-0.1, -0.05) is 17.7 Å². The Labute approximate surface area is 129 Å². The molecule has 0 amide bonds. The Balaban J connectivity index is 2.32. The summed E-state index contributed by atoms with van der Waals surface area (Å²) in [6.45, 7) is 1.84. The maximum atomic E-state index is 13.9. The number of aryl methyl sites for hydroxylation is 1. The van der Waals surface area contributed by atoms with Gasteiger partial charge in [-0.25, -0.2) is 8.78 Å². The highest BCUT2D eigenvalue weighted by Gasteiger charge is 2.18. The van der Waals surface area contributed by atoms with Crippen LogP contribution >= 0.6 is 27.5 Å². The SMILES string of the molecule is Cc1cc(Cl)cc(C(O)Cc2c(F)ccc(Br)c2F)c1. The van der Waals surface area contributed by atoms with E-state index in [1.54, 1.807) is 18.2 Å². The van der Waals surface area contributed by atoms with Crippen LogP contribution < -0.4 is 0 Å². The Morgan fingerprint density at radius 2 is 1.95 bits per heavy atom. The maximum absolute atomic E-state index is 13.9. The maximum Gasteiger partial charge on any atom is 0.143 e. The molecule has 0 fully saturated rings. The molecule has 0 saturated heterocycles. The van der Waals surface area contributed by atoms with Gasteiger partial charge >= 0.3 is 0 Å². The van der Waals surface area contributed by atoms with E-state index in [-0.39, 0.29) is 16.5 Å². The van der Waals surface area contributed by atoms with Gasteiger partial charge in [0.25, 0.3) is 0 Å². The summed E-state index contributed by atoms with van der Waals surface area (Å²) in [5.74, 6) is -1.37. The quantitative estimate of drug-likeness (QED) is 0.766. The Kier molecular flexibility index (Phi) is 4.78. The molecular weight excluding hydrogens is 350 g/mol. The molecule has 1 atom stereocenters. The fourth-order valence-corrected chi connectivity index (χ4v) is 2.69. The third-order valence-corrected chi connectivity index (χ3v) is 3.82. The Bertz CT molecular complexity index is 626. The van der Waals surface area contributed by atoms with Crippen molar-refractivity contribution < 1.29 is 13.9 Å². The number of aliphatic hydroxyl groups is 1. The molecule has 1 N–H and O–H groups in total. The van der Waals surface area contributed by atoms with Crippen molar-refractivity contribution in [1.29, 1.82) is 0 Å². The Hall–Kier alpha value is -0.970.